The zero-order valence-corrected chi connectivity index (χ0v) is 10.1. The van der Waals surface area contributed by atoms with Crippen molar-refractivity contribution in [2.24, 2.45) is 5.41 Å². The highest BCUT2D eigenvalue weighted by atomic mass is 35.5. The van der Waals surface area contributed by atoms with E-state index >= 15 is 0 Å². The molecule has 0 bridgehead atoms. The number of para-hydroxylation sites is 1. The summed E-state index contributed by atoms with van der Waals surface area (Å²) in [7, 11) is 0. The molecule has 0 unspecified atom stereocenters. The minimum absolute atomic E-state index is 0.0493. The van der Waals surface area contributed by atoms with Gasteiger partial charge in [-0.2, -0.15) is 0 Å². The second kappa shape index (κ2) is 4.67. The Labute approximate surface area is 95.6 Å². The summed E-state index contributed by atoms with van der Waals surface area (Å²) >= 11 is 5.73. The molecule has 0 heterocycles. The van der Waals surface area contributed by atoms with Crippen molar-refractivity contribution in [2.45, 2.75) is 20.8 Å². The van der Waals surface area contributed by atoms with Crippen molar-refractivity contribution in [3.8, 4) is 0 Å². The first-order chi connectivity index (χ1) is 6.97. The van der Waals surface area contributed by atoms with E-state index in [1.165, 1.54) is 0 Å². The highest BCUT2D eigenvalue weighted by Crippen LogP contribution is 2.21. The Bertz CT molecular complexity index is 360. The molecular formula is C12H16ClNO. The maximum absolute atomic E-state index is 11.8. The molecule has 1 amide bonds. The maximum Gasteiger partial charge on any atom is 0.231 e. The molecule has 0 atom stereocenters. The molecule has 0 saturated heterocycles. The van der Waals surface area contributed by atoms with Gasteiger partial charge in [0.05, 0.1) is 5.41 Å². The van der Waals surface area contributed by atoms with Gasteiger partial charge in [-0.05, 0) is 32.4 Å². The molecule has 1 aromatic rings. The number of benzene rings is 1. The molecule has 15 heavy (non-hydrogen) atoms. The molecule has 0 spiro atoms. The Morgan fingerprint density at radius 2 is 2.00 bits per heavy atom. The van der Waals surface area contributed by atoms with Crippen LogP contribution in [0.1, 0.15) is 19.4 Å². The van der Waals surface area contributed by atoms with Gasteiger partial charge in [0.15, 0.2) is 0 Å². The summed E-state index contributed by atoms with van der Waals surface area (Å²) in [5.41, 5.74) is 1.36. The van der Waals surface area contributed by atoms with E-state index in [1.807, 2.05) is 45.0 Å². The number of anilines is 1. The molecule has 1 N–H and O–H groups in total. The molecule has 0 aliphatic heterocycles. The van der Waals surface area contributed by atoms with Gasteiger partial charge in [-0.1, -0.05) is 18.2 Å². The summed E-state index contributed by atoms with van der Waals surface area (Å²) in [6, 6.07) is 7.69. The van der Waals surface area contributed by atoms with E-state index in [2.05, 4.69) is 5.32 Å². The summed E-state index contributed by atoms with van der Waals surface area (Å²) in [4.78, 5) is 11.8. The van der Waals surface area contributed by atoms with Crippen LogP contribution in [0.5, 0.6) is 0 Å². The molecule has 1 aromatic carbocycles. The van der Waals surface area contributed by atoms with Crippen LogP contribution < -0.4 is 5.32 Å². The number of nitrogens with one attached hydrogen (secondary N) is 1. The Balaban J connectivity index is 2.80. The number of rotatable bonds is 3. The third-order valence-electron chi connectivity index (χ3n) is 2.34. The molecule has 1 rings (SSSR count). The van der Waals surface area contributed by atoms with Crippen molar-refractivity contribution in [1.29, 1.82) is 0 Å². The summed E-state index contributed by atoms with van der Waals surface area (Å²) in [5, 5.41) is 2.88. The number of aryl methyl sites for hydroxylation is 1. The van der Waals surface area contributed by atoms with E-state index in [0.29, 0.717) is 5.88 Å². The highest BCUT2D eigenvalue weighted by molar-refractivity contribution is 6.20. The number of hydrogen-bond acceptors (Lipinski definition) is 1. The quantitative estimate of drug-likeness (QED) is 0.787. The van der Waals surface area contributed by atoms with Crippen molar-refractivity contribution in [1.82, 2.24) is 0 Å². The molecule has 0 radical (unpaired) electrons. The van der Waals surface area contributed by atoms with E-state index in [9.17, 15) is 4.79 Å². The molecule has 3 heteroatoms. The molecule has 2 nitrogen and oxygen atoms in total. The summed E-state index contributed by atoms with van der Waals surface area (Å²) < 4.78 is 0. The SMILES string of the molecule is Cc1ccccc1NC(=O)C(C)(C)CCl. The van der Waals surface area contributed by atoms with Crippen LogP contribution >= 0.6 is 11.6 Å². The topological polar surface area (TPSA) is 29.1 Å². The Hall–Kier alpha value is -1.02. The highest BCUT2D eigenvalue weighted by Gasteiger charge is 2.26. The van der Waals surface area contributed by atoms with Gasteiger partial charge in [0.25, 0.3) is 0 Å². The molecular weight excluding hydrogens is 210 g/mol. The molecule has 0 aromatic heterocycles. The number of halogens is 1. The fraction of sp³-hybridized carbons (Fsp3) is 0.417. The minimum Gasteiger partial charge on any atom is -0.325 e. The molecule has 0 fully saturated rings. The van der Waals surface area contributed by atoms with Gasteiger partial charge >= 0.3 is 0 Å². The van der Waals surface area contributed by atoms with Crippen LogP contribution in [0.3, 0.4) is 0 Å². The smallest absolute Gasteiger partial charge is 0.231 e. The average molecular weight is 226 g/mol. The maximum atomic E-state index is 11.8. The lowest BCUT2D eigenvalue weighted by Gasteiger charge is -2.21. The lowest BCUT2D eigenvalue weighted by Crippen LogP contribution is -2.32. The van der Waals surface area contributed by atoms with Crippen molar-refractivity contribution < 1.29 is 4.79 Å². The number of carbonyl (C=O) groups is 1. The Morgan fingerprint density at radius 1 is 1.40 bits per heavy atom. The first-order valence-electron chi connectivity index (χ1n) is 4.90. The van der Waals surface area contributed by atoms with E-state index in [0.717, 1.165) is 11.3 Å². The molecule has 0 aliphatic rings. The lowest BCUT2D eigenvalue weighted by molar-refractivity contribution is -0.122. The largest absolute Gasteiger partial charge is 0.325 e. The number of carbonyl (C=O) groups excluding carboxylic acids is 1. The third-order valence-corrected chi connectivity index (χ3v) is 3.01. The zero-order valence-electron chi connectivity index (χ0n) is 9.30. The second-order valence-electron chi connectivity index (χ2n) is 4.29. The van der Waals surface area contributed by atoms with E-state index in [1.54, 1.807) is 0 Å². The predicted molar refractivity (Wildman–Crippen MR) is 64.3 cm³/mol. The number of alkyl halides is 1. The average Bonchev–Trinajstić information content (AvgIpc) is 2.21. The fourth-order valence-electron chi connectivity index (χ4n) is 1.07. The Morgan fingerprint density at radius 3 is 2.53 bits per heavy atom. The second-order valence-corrected chi connectivity index (χ2v) is 4.55. The van der Waals surface area contributed by atoms with Gasteiger partial charge in [-0.15, -0.1) is 11.6 Å². The van der Waals surface area contributed by atoms with Gasteiger partial charge in [0.2, 0.25) is 5.91 Å². The monoisotopic (exact) mass is 225 g/mol. The van der Waals surface area contributed by atoms with Crippen molar-refractivity contribution in [3.05, 3.63) is 29.8 Å². The summed E-state index contributed by atoms with van der Waals surface area (Å²) in [5.74, 6) is 0.261. The fourth-order valence-corrected chi connectivity index (χ4v) is 1.19. The number of hydrogen-bond donors (Lipinski definition) is 1. The van der Waals surface area contributed by atoms with Gasteiger partial charge in [-0.3, -0.25) is 4.79 Å². The van der Waals surface area contributed by atoms with Crippen molar-refractivity contribution in [2.75, 3.05) is 11.2 Å². The van der Waals surface area contributed by atoms with E-state index in [4.69, 9.17) is 11.6 Å². The van der Waals surface area contributed by atoms with E-state index in [-0.39, 0.29) is 5.91 Å². The Kier molecular flexibility index (Phi) is 3.75. The predicted octanol–water partition coefficient (Wildman–Crippen LogP) is 3.20. The van der Waals surface area contributed by atoms with Crippen LogP contribution in [0.15, 0.2) is 24.3 Å². The van der Waals surface area contributed by atoms with Gasteiger partial charge in [0.1, 0.15) is 0 Å². The van der Waals surface area contributed by atoms with Crippen molar-refractivity contribution >= 4 is 23.2 Å². The van der Waals surface area contributed by atoms with E-state index < -0.39 is 5.41 Å². The normalized spacial score (nSPS) is 11.2. The number of amides is 1. The van der Waals surface area contributed by atoms with Gasteiger partial charge in [-0.25, -0.2) is 0 Å². The van der Waals surface area contributed by atoms with Crippen LogP contribution in [-0.4, -0.2) is 11.8 Å². The van der Waals surface area contributed by atoms with Crippen LogP contribution in [0.25, 0.3) is 0 Å². The van der Waals surface area contributed by atoms with Crippen LogP contribution in [0, 0.1) is 12.3 Å². The zero-order chi connectivity index (χ0) is 11.5. The standard InChI is InChI=1S/C12H16ClNO/c1-9-6-4-5-7-10(9)14-11(15)12(2,3)8-13/h4-7H,8H2,1-3H3,(H,14,15). The molecule has 0 aliphatic carbocycles. The van der Waals surface area contributed by atoms with Gasteiger partial charge < -0.3 is 5.32 Å². The first kappa shape index (κ1) is 12.1. The lowest BCUT2D eigenvalue weighted by atomic mass is 9.95. The summed E-state index contributed by atoms with van der Waals surface area (Å²) in [6.07, 6.45) is 0. The van der Waals surface area contributed by atoms with Crippen molar-refractivity contribution in [3.63, 3.8) is 0 Å². The van der Waals surface area contributed by atoms with Crippen LogP contribution in [0.4, 0.5) is 5.69 Å². The minimum atomic E-state index is -0.538. The molecule has 0 saturated carbocycles. The summed E-state index contributed by atoms with van der Waals surface area (Å²) in [6.45, 7) is 5.62. The van der Waals surface area contributed by atoms with Crippen LogP contribution in [-0.2, 0) is 4.79 Å². The van der Waals surface area contributed by atoms with Gasteiger partial charge in [0, 0.05) is 11.6 Å². The van der Waals surface area contributed by atoms with Crippen LogP contribution in [0.2, 0.25) is 0 Å². The molecule has 82 valence electrons. The first-order valence-corrected chi connectivity index (χ1v) is 5.44. The third kappa shape index (κ3) is 2.96.